The van der Waals surface area contributed by atoms with Crippen LogP contribution in [-0.2, 0) is 4.74 Å². The Morgan fingerprint density at radius 2 is 1.93 bits per heavy atom. The molecule has 1 aromatic rings. The summed E-state index contributed by atoms with van der Waals surface area (Å²) in [6.07, 6.45) is 0. The first-order valence-corrected chi connectivity index (χ1v) is 4.25. The number of ether oxygens (including phenoxy) is 1. The van der Waals surface area contributed by atoms with E-state index in [1.54, 1.807) is 6.92 Å². The number of hydrogen-bond acceptors (Lipinski definition) is 2. The maximum absolute atomic E-state index is 12.9. The average molecular weight is 221 g/mol. The lowest BCUT2D eigenvalue weighted by molar-refractivity contribution is 0.0525. The zero-order chi connectivity index (χ0) is 10.7. The van der Waals surface area contributed by atoms with Crippen molar-refractivity contribution in [3.8, 4) is 0 Å². The lowest BCUT2D eigenvalue weighted by atomic mass is 10.2. The minimum atomic E-state index is -0.977. The van der Waals surface area contributed by atoms with Gasteiger partial charge in [-0.15, -0.1) is 0 Å². The van der Waals surface area contributed by atoms with Gasteiger partial charge in [0, 0.05) is 0 Å². The van der Waals surface area contributed by atoms with Gasteiger partial charge in [0.05, 0.1) is 12.2 Å². The monoisotopic (exact) mass is 220 g/mol. The van der Waals surface area contributed by atoms with Gasteiger partial charge in [0.25, 0.3) is 0 Å². The van der Waals surface area contributed by atoms with E-state index >= 15 is 0 Å². The van der Waals surface area contributed by atoms with E-state index in [9.17, 15) is 13.6 Å². The molecule has 0 heterocycles. The predicted octanol–water partition coefficient (Wildman–Crippen LogP) is 2.79. The second-order valence-electron chi connectivity index (χ2n) is 2.47. The first-order chi connectivity index (χ1) is 6.56. The van der Waals surface area contributed by atoms with Gasteiger partial charge < -0.3 is 4.74 Å². The zero-order valence-corrected chi connectivity index (χ0v) is 8.07. The van der Waals surface area contributed by atoms with Crippen molar-refractivity contribution < 1.29 is 18.3 Å². The number of carbonyl (C=O) groups is 1. The molecule has 0 spiro atoms. The highest BCUT2D eigenvalue weighted by atomic mass is 35.5. The fraction of sp³-hybridized carbons (Fsp3) is 0.222. The van der Waals surface area contributed by atoms with Crippen molar-refractivity contribution in [1.82, 2.24) is 0 Å². The zero-order valence-electron chi connectivity index (χ0n) is 7.31. The molecule has 0 aliphatic carbocycles. The Morgan fingerprint density at radius 1 is 1.43 bits per heavy atom. The highest BCUT2D eigenvalue weighted by Crippen LogP contribution is 2.20. The number of rotatable bonds is 2. The molecule has 14 heavy (non-hydrogen) atoms. The van der Waals surface area contributed by atoms with Gasteiger partial charge in [0.1, 0.15) is 16.7 Å². The smallest absolute Gasteiger partial charge is 0.338 e. The number of esters is 1. The predicted molar refractivity (Wildman–Crippen MR) is 47.3 cm³/mol. The fourth-order valence-corrected chi connectivity index (χ4v) is 0.997. The Morgan fingerprint density at radius 3 is 2.36 bits per heavy atom. The molecule has 1 rings (SSSR count). The molecule has 0 aromatic heterocycles. The van der Waals surface area contributed by atoms with Crippen LogP contribution in [0.1, 0.15) is 17.3 Å². The van der Waals surface area contributed by atoms with Gasteiger partial charge >= 0.3 is 5.97 Å². The second-order valence-corrected chi connectivity index (χ2v) is 2.85. The largest absolute Gasteiger partial charge is 0.462 e. The molecule has 0 N–H and O–H groups in total. The Labute approximate surface area is 84.4 Å². The lowest BCUT2D eigenvalue weighted by Crippen LogP contribution is -2.05. The van der Waals surface area contributed by atoms with E-state index in [1.165, 1.54) is 0 Å². The third-order valence-electron chi connectivity index (χ3n) is 1.49. The van der Waals surface area contributed by atoms with E-state index in [-0.39, 0.29) is 12.2 Å². The summed E-state index contributed by atoms with van der Waals surface area (Å²) in [6.45, 7) is 1.74. The first kappa shape index (κ1) is 10.9. The maximum atomic E-state index is 12.9. The van der Waals surface area contributed by atoms with Crippen LogP contribution in [0.3, 0.4) is 0 Å². The third kappa shape index (κ3) is 2.20. The molecular formula is C9H7ClF2O2. The minimum absolute atomic E-state index is 0.144. The van der Waals surface area contributed by atoms with E-state index in [0.717, 1.165) is 12.1 Å². The van der Waals surface area contributed by atoms with Crippen molar-refractivity contribution in [2.24, 2.45) is 0 Å². The van der Waals surface area contributed by atoms with E-state index in [0.29, 0.717) is 0 Å². The molecule has 0 unspecified atom stereocenters. The van der Waals surface area contributed by atoms with E-state index in [4.69, 9.17) is 11.6 Å². The Bertz CT molecular complexity index is 343. The summed E-state index contributed by atoms with van der Waals surface area (Å²) in [5.74, 6) is -2.73. The SMILES string of the molecule is CCOC(=O)c1cc(F)c(Cl)c(F)c1. The summed E-state index contributed by atoms with van der Waals surface area (Å²) in [5, 5.41) is -0.627. The molecule has 2 nitrogen and oxygen atoms in total. The average Bonchev–Trinajstić information content (AvgIpc) is 2.13. The molecular weight excluding hydrogens is 214 g/mol. The standard InChI is InChI=1S/C9H7ClF2O2/c1-2-14-9(13)5-3-6(11)8(10)7(12)4-5/h3-4H,2H2,1H3. The molecule has 0 aliphatic heterocycles. The van der Waals surface area contributed by atoms with Crippen LogP contribution < -0.4 is 0 Å². The first-order valence-electron chi connectivity index (χ1n) is 3.88. The molecule has 0 bridgehead atoms. The Kier molecular flexibility index (Phi) is 3.41. The van der Waals surface area contributed by atoms with Crippen molar-refractivity contribution in [3.05, 3.63) is 34.4 Å². The van der Waals surface area contributed by atoms with Crippen LogP contribution in [0.15, 0.2) is 12.1 Å². The molecule has 1 aromatic carbocycles. The molecule has 0 amide bonds. The van der Waals surface area contributed by atoms with Crippen LogP contribution in [-0.4, -0.2) is 12.6 Å². The lowest BCUT2D eigenvalue weighted by Gasteiger charge is -2.03. The van der Waals surface area contributed by atoms with Crippen molar-refractivity contribution in [3.63, 3.8) is 0 Å². The molecule has 0 saturated carbocycles. The Hall–Kier alpha value is -1.16. The molecule has 0 atom stereocenters. The van der Waals surface area contributed by atoms with E-state index < -0.39 is 22.6 Å². The number of halogens is 3. The van der Waals surface area contributed by atoms with Gasteiger partial charge in [-0.3, -0.25) is 0 Å². The number of carbonyl (C=O) groups excluding carboxylic acids is 1. The van der Waals surface area contributed by atoms with Crippen molar-refractivity contribution >= 4 is 17.6 Å². The van der Waals surface area contributed by atoms with Crippen molar-refractivity contribution in [1.29, 1.82) is 0 Å². The summed E-state index contributed by atoms with van der Waals surface area (Å²) in [4.78, 5) is 11.1. The van der Waals surface area contributed by atoms with Crippen molar-refractivity contribution in [2.45, 2.75) is 6.92 Å². The maximum Gasteiger partial charge on any atom is 0.338 e. The van der Waals surface area contributed by atoms with Crippen LogP contribution in [0, 0.1) is 11.6 Å². The van der Waals surface area contributed by atoms with Gasteiger partial charge in [0.2, 0.25) is 0 Å². The molecule has 0 fully saturated rings. The summed E-state index contributed by atoms with van der Waals surface area (Å²) < 4.78 is 30.3. The minimum Gasteiger partial charge on any atom is -0.462 e. The van der Waals surface area contributed by atoms with Crippen LogP contribution in [0.25, 0.3) is 0 Å². The third-order valence-corrected chi connectivity index (χ3v) is 1.86. The normalized spacial score (nSPS) is 10.0. The Balaban J connectivity index is 3.06. The molecule has 0 aliphatic rings. The van der Waals surface area contributed by atoms with E-state index in [1.807, 2.05) is 0 Å². The summed E-state index contributed by atoms with van der Waals surface area (Å²) in [5.41, 5.74) is -0.189. The molecule has 5 heteroatoms. The summed E-state index contributed by atoms with van der Waals surface area (Å²) in [6, 6.07) is 1.67. The van der Waals surface area contributed by atoms with Crippen LogP contribution in [0.4, 0.5) is 8.78 Å². The van der Waals surface area contributed by atoms with E-state index in [2.05, 4.69) is 4.74 Å². The van der Waals surface area contributed by atoms with Crippen LogP contribution >= 0.6 is 11.6 Å². The van der Waals surface area contributed by atoms with Gasteiger partial charge in [-0.05, 0) is 19.1 Å². The second kappa shape index (κ2) is 4.37. The molecule has 76 valence electrons. The van der Waals surface area contributed by atoms with Crippen LogP contribution in [0.2, 0.25) is 5.02 Å². The summed E-state index contributed by atoms with van der Waals surface area (Å²) >= 11 is 5.23. The van der Waals surface area contributed by atoms with Gasteiger partial charge in [-0.1, -0.05) is 11.6 Å². The van der Waals surface area contributed by atoms with Gasteiger partial charge in [0.15, 0.2) is 0 Å². The quantitative estimate of drug-likeness (QED) is 0.566. The fourth-order valence-electron chi connectivity index (χ4n) is 0.888. The topological polar surface area (TPSA) is 26.3 Å². The highest BCUT2D eigenvalue weighted by molar-refractivity contribution is 6.31. The molecule has 0 radical (unpaired) electrons. The van der Waals surface area contributed by atoms with Gasteiger partial charge in [-0.25, -0.2) is 13.6 Å². The highest BCUT2D eigenvalue weighted by Gasteiger charge is 2.14. The van der Waals surface area contributed by atoms with Crippen LogP contribution in [0.5, 0.6) is 0 Å². The number of benzene rings is 1. The van der Waals surface area contributed by atoms with Crippen molar-refractivity contribution in [2.75, 3.05) is 6.61 Å². The number of hydrogen-bond donors (Lipinski definition) is 0. The molecule has 0 saturated heterocycles. The van der Waals surface area contributed by atoms with Gasteiger partial charge in [-0.2, -0.15) is 0 Å². The summed E-state index contributed by atoms with van der Waals surface area (Å²) in [7, 11) is 0.